The van der Waals surface area contributed by atoms with Gasteiger partial charge in [0.2, 0.25) is 0 Å². The zero-order chi connectivity index (χ0) is 12.8. The van der Waals surface area contributed by atoms with Gasteiger partial charge in [-0.1, -0.05) is 19.1 Å². The van der Waals surface area contributed by atoms with Gasteiger partial charge in [-0.15, -0.1) is 5.10 Å². The summed E-state index contributed by atoms with van der Waals surface area (Å²) in [6.07, 6.45) is 1.65. The molecule has 0 bridgehead atoms. The molecule has 0 saturated heterocycles. The maximum atomic E-state index is 11.9. The van der Waals surface area contributed by atoms with Gasteiger partial charge in [0.25, 0.3) is 5.91 Å². The van der Waals surface area contributed by atoms with E-state index < -0.39 is 0 Å². The third-order valence-electron chi connectivity index (χ3n) is 2.12. The minimum Gasteiger partial charge on any atom is -0.325 e. The first kappa shape index (κ1) is 13.6. The van der Waals surface area contributed by atoms with E-state index in [1.807, 2.05) is 13.8 Å². The third-order valence-corrected chi connectivity index (χ3v) is 2.12. The molecule has 1 heterocycles. The largest absolute Gasteiger partial charge is 0.325 e. The van der Waals surface area contributed by atoms with Crippen molar-refractivity contribution in [2.75, 3.05) is 13.7 Å². The van der Waals surface area contributed by atoms with Crippen molar-refractivity contribution in [3.8, 4) is 0 Å². The molecule has 0 aliphatic rings. The first-order valence-corrected chi connectivity index (χ1v) is 5.50. The van der Waals surface area contributed by atoms with Crippen molar-refractivity contribution >= 4 is 5.91 Å². The lowest BCUT2D eigenvalue weighted by Crippen LogP contribution is -2.35. The highest BCUT2D eigenvalue weighted by atomic mass is 16.7. The molecular weight excluding hydrogens is 222 g/mol. The molecule has 0 spiro atoms. The summed E-state index contributed by atoms with van der Waals surface area (Å²) in [6, 6.07) is 0. The molecule has 7 nitrogen and oxygen atoms in total. The second-order valence-corrected chi connectivity index (χ2v) is 4.14. The van der Waals surface area contributed by atoms with E-state index in [0.29, 0.717) is 24.7 Å². The van der Waals surface area contributed by atoms with Crippen LogP contribution >= 0.6 is 0 Å². The normalized spacial score (nSPS) is 10.9. The number of nitrogens with two attached hydrogens (primary N) is 1. The SMILES string of the molecule is CON(CC(C)C)C(=O)Cn1cc(CN)nn1. The molecule has 0 aliphatic carbocycles. The summed E-state index contributed by atoms with van der Waals surface area (Å²) in [7, 11) is 1.48. The second-order valence-electron chi connectivity index (χ2n) is 4.14. The molecule has 0 atom stereocenters. The fourth-order valence-corrected chi connectivity index (χ4v) is 1.34. The first-order valence-electron chi connectivity index (χ1n) is 5.50. The second kappa shape index (κ2) is 6.31. The average molecular weight is 241 g/mol. The molecule has 1 aromatic heterocycles. The standard InChI is InChI=1S/C10H19N5O2/c1-8(2)5-15(17-3)10(16)7-14-6-9(4-11)12-13-14/h6,8H,4-5,7,11H2,1-3H3. The molecule has 0 saturated carbocycles. The Morgan fingerprint density at radius 3 is 2.82 bits per heavy atom. The summed E-state index contributed by atoms with van der Waals surface area (Å²) in [5.74, 6) is 0.184. The first-order chi connectivity index (χ1) is 8.06. The molecule has 0 fully saturated rings. The molecule has 2 N–H and O–H groups in total. The number of rotatable bonds is 6. The molecule has 17 heavy (non-hydrogen) atoms. The molecule has 0 unspecified atom stereocenters. The van der Waals surface area contributed by atoms with Crippen molar-refractivity contribution < 1.29 is 9.63 Å². The number of nitrogens with zero attached hydrogens (tertiary/aromatic N) is 4. The van der Waals surface area contributed by atoms with Gasteiger partial charge in [0.1, 0.15) is 6.54 Å². The Balaban J connectivity index is 2.57. The van der Waals surface area contributed by atoms with E-state index in [-0.39, 0.29) is 12.5 Å². The van der Waals surface area contributed by atoms with Gasteiger partial charge in [0.15, 0.2) is 0 Å². The van der Waals surface area contributed by atoms with E-state index in [2.05, 4.69) is 10.3 Å². The van der Waals surface area contributed by atoms with Crippen molar-refractivity contribution in [2.24, 2.45) is 11.7 Å². The zero-order valence-corrected chi connectivity index (χ0v) is 10.5. The summed E-state index contributed by atoms with van der Waals surface area (Å²) in [4.78, 5) is 16.9. The highest BCUT2D eigenvalue weighted by Crippen LogP contribution is 2.01. The van der Waals surface area contributed by atoms with Crippen molar-refractivity contribution in [3.05, 3.63) is 11.9 Å². The van der Waals surface area contributed by atoms with Crippen LogP contribution in [0, 0.1) is 5.92 Å². The van der Waals surface area contributed by atoms with Gasteiger partial charge in [-0.2, -0.15) is 0 Å². The summed E-state index contributed by atoms with van der Waals surface area (Å²) in [5, 5.41) is 8.94. The van der Waals surface area contributed by atoms with Gasteiger partial charge >= 0.3 is 0 Å². The number of carbonyl (C=O) groups is 1. The Morgan fingerprint density at radius 1 is 1.65 bits per heavy atom. The molecule has 0 aliphatic heterocycles. The Bertz CT molecular complexity index is 363. The minimum absolute atomic E-state index is 0.105. The van der Waals surface area contributed by atoms with Gasteiger partial charge < -0.3 is 5.73 Å². The molecule has 1 rings (SSSR count). The van der Waals surface area contributed by atoms with E-state index in [1.54, 1.807) is 6.20 Å². The molecule has 1 amide bonds. The van der Waals surface area contributed by atoms with Crippen LogP contribution in [0.15, 0.2) is 6.20 Å². The van der Waals surface area contributed by atoms with E-state index in [4.69, 9.17) is 10.6 Å². The Morgan fingerprint density at radius 2 is 2.35 bits per heavy atom. The van der Waals surface area contributed by atoms with Crippen molar-refractivity contribution in [1.82, 2.24) is 20.1 Å². The monoisotopic (exact) mass is 241 g/mol. The van der Waals surface area contributed by atoms with Crippen LogP contribution < -0.4 is 5.73 Å². The van der Waals surface area contributed by atoms with Crippen LogP contribution in [0.25, 0.3) is 0 Å². The van der Waals surface area contributed by atoms with Gasteiger partial charge in [-0.3, -0.25) is 9.63 Å². The van der Waals surface area contributed by atoms with Crippen LogP contribution in [0.2, 0.25) is 0 Å². The van der Waals surface area contributed by atoms with Crippen LogP contribution in [0.1, 0.15) is 19.5 Å². The highest BCUT2D eigenvalue weighted by molar-refractivity contribution is 5.74. The summed E-state index contributed by atoms with van der Waals surface area (Å²) in [6.45, 7) is 5.00. The van der Waals surface area contributed by atoms with Gasteiger partial charge in [0.05, 0.1) is 25.5 Å². The van der Waals surface area contributed by atoms with Crippen LogP contribution in [0.3, 0.4) is 0 Å². The molecular formula is C10H19N5O2. The molecule has 0 aromatic carbocycles. The van der Waals surface area contributed by atoms with Crippen LogP contribution in [-0.2, 0) is 22.7 Å². The number of carbonyl (C=O) groups excluding carboxylic acids is 1. The Labute approximate surface area is 100 Å². The third kappa shape index (κ3) is 4.12. The van der Waals surface area contributed by atoms with Crippen LogP contribution in [0.5, 0.6) is 0 Å². The predicted octanol–water partition coefficient (Wildman–Crippen LogP) is -0.217. The molecule has 96 valence electrons. The van der Waals surface area contributed by atoms with Gasteiger partial charge in [0, 0.05) is 6.54 Å². The van der Waals surface area contributed by atoms with Gasteiger partial charge in [-0.25, -0.2) is 9.75 Å². The maximum Gasteiger partial charge on any atom is 0.267 e. The van der Waals surface area contributed by atoms with E-state index in [0.717, 1.165) is 0 Å². The van der Waals surface area contributed by atoms with Crippen LogP contribution in [0.4, 0.5) is 0 Å². The van der Waals surface area contributed by atoms with Gasteiger partial charge in [-0.05, 0) is 5.92 Å². The number of hydrogen-bond donors (Lipinski definition) is 1. The smallest absolute Gasteiger partial charge is 0.267 e. The molecule has 1 aromatic rings. The summed E-state index contributed by atoms with van der Waals surface area (Å²) in [5.41, 5.74) is 6.07. The topological polar surface area (TPSA) is 86.3 Å². The van der Waals surface area contributed by atoms with E-state index in [1.165, 1.54) is 16.9 Å². The van der Waals surface area contributed by atoms with E-state index in [9.17, 15) is 4.79 Å². The average Bonchev–Trinajstić information content (AvgIpc) is 2.73. The lowest BCUT2D eigenvalue weighted by Gasteiger charge is -2.21. The fraction of sp³-hybridized carbons (Fsp3) is 0.700. The number of hydrogen-bond acceptors (Lipinski definition) is 5. The lowest BCUT2D eigenvalue weighted by molar-refractivity contribution is -0.179. The Kier molecular flexibility index (Phi) is 5.05. The Hall–Kier alpha value is -1.47. The lowest BCUT2D eigenvalue weighted by atomic mass is 10.2. The number of aromatic nitrogens is 3. The maximum absolute atomic E-state index is 11.9. The van der Waals surface area contributed by atoms with Crippen LogP contribution in [-0.4, -0.2) is 39.6 Å². The highest BCUT2D eigenvalue weighted by Gasteiger charge is 2.15. The fourth-order valence-electron chi connectivity index (χ4n) is 1.34. The van der Waals surface area contributed by atoms with Crippen molar-refractivity contribution in [3.63, 3.8) is 0 Å². The summed E-state index contributed by atoms with van der Waals surface area (Å²) < 4.78 is 1.46. The van der Waals surface area contributed by atoms with Crippen molar-refractivity contribution in [1.29, 1.82) is 0 Å². The number of amides is 1. The zero-order valence-electron chi connectivity index (χ0n) is 10.5. The number of hydroxylamine groups is 2. The molecule has 7 heteroatoms. The minimum atomic E-state index is -0.158. The van der Waals surface area contributed by atoms with E-state index >= 15 is 0 Å². The predicted molar refractivity (Wildman–Crippen MR) is 61.5 cm³/mol. The quantitative estimate of drug-likeness (QED) is 0.696. The summed E-state index contributed by atoms with van der Waals surface area (Å²) >= 11 is 0. The van der Waals surface area contributed by atoms with Crippen molar-refractivity contribution in [2.45, 2.75) is 26.9 Å². The molecule has 0 radical (unpaired) electrons.